The minimum atomic E-state index is -0.109. The second-order valence-electron chi connectivity index (χ2n) is 6.23. The van der Waals surface area contributed by atoms with E-state index in [0.717, 1.165) is 30.3 Å². The minimum absolute atomic E-state index is 0.109. The van der Waals surface area contributed by atoms with Crippen LogP contribution in [0.1, 0.15) is 23.2 Å². The number of fused-ring (bicyclic) bond motifs is 1. The number of carbonyl (C=O) groups is 1. The molecule has 0 aliphatic heterocycles. The second-order valence-corrected chi connectivity index (χ2v) is 6.62. The number of rotatable bonds is 7. The van der Waals surface area contributed by atoms with Gasteiger partial charge in [-0.05, 0) is 37.1 Å². The average molecular weight is 368 g/mol. The van der Waals surface area contributed by atoms with Gasteiger partial charge in [-0.15, -0.1) is 0 Å². The summed E-state index contributed by atoms with van der Waals surface area (Å²) in [5, 5.41) is 4.14. The van der Waals surface area contributed by atoms with E-state index in [1.54, 1.807) is 6.07 Å². The Morgan fingerprint density at radius 1 is 1.08 bits per heavy atom. The molecule has 0 unspecified atom stereocenters. The van der Waals surface area contributed by atoms with E-state index in [9.17, 15) is 4.79 Å². The molecule has 0 fully saturated rings. The summed E-state index contributed by atoms with van der Waals surface area (Å²) >= 11 is 6.05. The molecule has 1 amide bonds. The van der Waals surface area contributed by atoms with Crippen LogP contribution in [0, 0.1) is 0 Å². The molecule has 2 aromatic carbocycles. The maximum absolute atomic E-state index is 12.5. The third-order valence-corrected chi connectivity index (χ3v) is 4.53. The number of carbonyl (C=O) groups excluding carboxylic acids is 1. The summed E-state index contributed by atoms with van der Waals surface area (Å²) in [6.07, 6.45) is 1.92. The molecule has 0 saturated heterocycles. The quantitative estimate of drug-likeness (QED) is 0.492. The van der Waals surface area contributed by atoms with Crippen molar-refractivity contribution in [2.24, 2.45) is 0 Å². The summed E-state index contributed by atoms with van der Waals surface area (Å²) in [6, 6.07) is 19.4. The lowest BCUT2D eigenvalue weighted by Crippen LogP contribution is -2.26. The summed E-state index contributed by atoms with van der Waals surface area (Å²) in [5.74, 6) is -0.109. The molecule has 0 aliphatic rings. The summed E-state index contributed by atoms with van der Waals surface area (Å²) in [5.41, 5.74) is 2.51. The van der Waals surface area contributed by atoms with Gasteiger partial charge in [-0.25, -0.2) is 4.98 Å². The van der Waals surface area contributed by atoms with Crippen LogP contribution in [0.2, 0.25) is 5.15 Å². The lowest BCUT2D eigenvalue weighted by molar-refractivity contribution is 0.0954. The van der Waals surface area contributed by atoms with Gasteiger partial charge < -0.3 is 10.2 Å². The molecule has 1 heterocycles. The molecule has 4 nitrogen and oxygen atoms in total. The Morgan fingerprint density at radius 2 is 1.81 bits per heavy atom. The van der Waals surface area contributed by atoms with Crippen LogP contribution in [-0.4, -0.2) is 31.0 Å². The first-order valence-electron chi connectivity index (χ1n) is 8.75. The summed E-state index contributed by atoms with van der Waals surface area (Å²) in [6.45, 7) is 1.58. The zero-order chi connectivity index (χ0) is 18.4. The smallest absolute Gasteiger partial charge is 0.252 e. The monoisotopic (exact) mass is 367 g/mol. The van der Waals surface area contributed by atoms with Crippen molar-refractivity contribution in [3.8, 4) is 0 Å². The van der Waals surface area contributed by atoms with E-state index < -0.39 is 0 Å². The first kappa shape index (κ1) is 18.2. The van der Waals surface area contributed by atoms with Crippen LogP contribution in [0.25, 0.3) is 10.9 Å². The van der Waals surface area contributed by atoms with Crippen molar-refractivity contribution >= 4 is 34.1 Å². The zero-order valence-corrected chi connectivity index (χ0v) is 15.5. The van der Waals surface area contributed by atoms with Crippen molar-refractivity contribution in [3.05, 3.63) is 71.4 Å². The number of pyridine rings is 1. The van der Waals surface area contributed by atoms with Crippen molar-refractivity contribution in [1.82, 2.24) is 10.3 Å². The van der Waals surface area contributed by atoms with E-state index in [1.165, 1.54) is 5.69 Å². The average Bonchev–Trinajstić information content (AvgIpc) is 2.67. The summed E-state index contributed by atoms with van der Waals surface area (Å²) < 4.78 is 0. The molecule has 0 aliphatic carbocycles. The predicted octanol–water partition coefficient (Wildman–Crippen LogP) is 4.53. The van der Waals surface area contributed by atoms with Crippen LogP contribution in [0.5, 0.6) is 0 Å². The standard InChI is InChI=1S/C21H22ClN3O/c1-25(16-9-3-2-4-10-16)14-8-7-13-23-21(26)18-15-20(22)24-19-12-6-5-11-17(18)19/h2-6,9-12,15H,7-8,13-14H2,1H3,(H,23,26). The highest BCUT2D eigenvalue weighted by Crippen LogP contribution is 2.20. The van der Waals surface area contributed by atoms with Crippen LogP contribution < -0.4 is 10.2 Å². The Morgan fingerprint density at radius 3 is 2.62 bits per heavy atom. The molecule has 0 bridgehead atoms. The number of hydrogen-bond donors (Lipinski definition) is 1. The van der Waals surface area contributed by atoms with Gasteiger partial charge in [0.25, 0.3) is 5.91 Å². The molecule has 26 heavy (non-hydrogen) atoms. The number of hydrogen-bond acceptors (Lipinski definition) is 3. The molecule has 0 atom stereocenters. The van der Waals surface area contributed by atoms with E-state index in [4.69, 9.17) is 11.6 Å². The lowest BCUT2D eigenvalue weighted by atomic mass is 10.1. The molecule has 0 radical (unpaired) electrons. The topological polar surface area (TPSA) is 45.2 Å². The van der Waals surface area contributed by atoms with Gasteiger partial charge in [0.15, 0.2) is 0 Å². The Hall–Kier alpha value is -2.59. The first-order chi connectivity index (χ1) is 12.6. The van der Waals surface area contributed by atoms with E-state index in [2.05, 4.69) is 34.4 Å². The molecule has 1 aromatic heterocycles. The molecule has 0 spiro atoms. The Labute approximate surface area is 158 Å². The summed E-state index contributed by atoms with van der Waals surface area (Å²) in [7, 11) is 2.08. The fourth-order valence-electron chi connectivity index (χ4n) is 2.91. The van der Waals surface area contributed by atoms with E-state index in [-0.39, 0.29) is 5.91 Å². The van der Waals surface area contributed by atoms with Gasteiger partial charge in [0.05, 0.1) is 11.1 Å². The highest BCUT2D eigenvalue weighted by Gasteiger charge is 2.11. The van der Waals surface area contributed by atoms with Crippen LogP contribution >= 0.6 is 11.6 Å². The molecule has 1 N–H and O–H groups in total. The predicted molar refractivity (Wildman–Crippen MR) is 108 cm³/mol. The van der Waals surface area contributed by atoms with Crippen molar-refractivity contribution in [2.75, 3.05) is 25.0 Å². The zero-order valence-electron chi connectivity index (χ0n) is 14.8. The number of anilines is 1. The third-order valence-electron chi connectivity index (χ3n) is 4.33. The molecular weight excluding hydrogens is 346 g/mol. The minimum Gasteiger partial charge on any atom is -0.375 e. The van der Waals surface area contributed by atoms with Crippen molar-refractivity contribution < 1.29 is 4.79 Å². The molecule has 5 heteroatoms. The van der Waals surface area contributed by atoms with Crippen molar-refractivity contribution in [3.63, 3.8) is 0 Å². The van der Waals surface area contributed by atoms with Crippen LogP contribution in [0.15, 0.2) is 60.7 Å². The number of nitrogens with zero attached hydrogens (tertiary/aromatic N) is 2. The van der Waals surface area contributed by atoms with Gasteiger partial charge in [0, 0.05) is 31.2 Å². The number of unbranched alkanes of at least 4 members (excludes halogenated alkanes) is 1. The van der Waals surface area contributed by atoms with Crippen molar-refractivity contribution in [1.29, 1.82) is 0 Å². The van der Waals surface area contributed by atoms with E-state index in [0.29, 0.717) is 17.3 Å². The Kier molecular flexibility index (Phi) is 6.08. The SMILES string of the molecule is CN(CCCCNC(=O)c1cc(Cl)nc2ccccc12)c1ccccc1. The maximum atomic E-state index is 12.5. The first-order valence-corrected chi connectivity index (χ1v) is 9.12. The van der Waals surface area contributed by atoms with Gasteiger partial charge in [-0.2, -0.15) is 0 Å². The highest BCUT2D eigenvalue weighted by molar-refractivity contribution is 6.30. The fraction of sp³-hybridized carbons (Fsp3) is 0.238. The Balaban J connectivity index is 1.51. The number of benzene rings is 2. The van der Waals surface area contributed by atoms with Gasteiger partial charge in [0.1, 0.15) is 5.15 Å². The number of para-hydroxylation sites is 2. The van der Waals surface area contributed by atoms with Crippen LogP contribution in [-0.2, 0) is 0 Å². The van der Waals surface area contributed by atoms with E-state index in [1.807, 2.05) is 42.5 Å². The molecular formula is C21H22ClN3O. The summed E-state index contributed by atoms with van der Waals surface area (Å²) in [4.78, 5) is 19.0. The molecule has 3 rings (SSSR count). The lowest BCUT2D eigenvalue weighted by Gasteiger charge is -2.19. The number of amides is 1. The number of nitrogens with one attached hydrogen (secondary N) is 1. The van der Waals surface area contributed by atoms with Gasteiger partial charge >= 0.3 is 0 Å². The van der Waals surface area contributed by atoms with Crippen LogP contribution in [0.4, 0.5) is 5.69 Å². The number of halogens is 1. The largest absolute Gasteiger partial charge is 0.375 e. The normalized spacial score (nSPS) is 10.7. The fourth-order valence-corrected chi connectivity index (χ4v) is 3.11. The van der Waals surface area contributed by atoms with Gasteiger partial charge in [0.2, 0.25) is 0 Å². The van der Waals surface area contributed by atoms with Gasteiger partial charge in [-0.1, -0.05) is 48.0 Å². The third kappa shape index (κ3) is 4.52. The van der Waals surface area contributed by atoms with Crippen molar-refractivity contribution in [2.45, 2.75) is 12.8 Å². The molecule has 134 valence electrons. The van der Waals surface area contributed by atoms with E-state index >= 15 is 0 Å². The maximum Gasteiger partial charge on any atom is 0.252 e. The second kappa shape index (κ2) is 8.68. The highest BCUT2D eigenvalue weighted by atomic mass is 35.5. The number of aromatic nitrogens is 1. The molecule has 0 saturated carbocycles. The molecule has 3 aromatic rings. The Bertz CT molecular complexity index is 883. The van der Waals surface area contributed by atoms with Crippen LogP contribution in [0.3, 0.4) is 0 Å². The van der Waals surface area contributed by atoms with Gasteiger partial charge in [-0.3, -0.25) is 4.79 Å².